The second kappa shape index (κ2) is 8.79. The number of nitrogens with zero attached hydrogens (tertiary/aromatic N) is 4. The molecule has 0 radical (unpaired) electrons. The predicted octanol–water partition coefficient (Wildman–Crippen LogP) is 3.60. The Morgan fingerprint density at radius 3 is 2.39 bits per heavy atom. The fourth-order valence-corrected chi connectivity index (χ4v) is 3.61. The molecule has 0 saturated carbocycles. The minimum Gasteiger partial charge on any atom is -0.326 e. The number of thioether (sulfide) groups is 1. The Morgan fingerprint density at radius 1 is 1.07 bits per heavy atom. The van der Waals surface area contributed by atoms with Gasteiger partial charge < -0.3 is 5.32 Å². The largest absolute Gasteiger partial charge is 0.326 e. The third-order valence-corrected chi connectivity index (χ3v) is 5.15. The van der Waals surface area contributed by atoms with Gasteiger partial charge in [0.15, 0.2) is 5.78 Å². The lowest BCUT2D eigenvalue weighted by atomic mass is 10.1. The van der Waals surface area contributed by atoms with Crippen LogP contribution in [0.5, 0.6) is 0 Å². The maximum Gasteiger partial charge on any atom is 0.225 e. The number of ketones is 1. The molecule has 2 aromatic carbocycles. The molecule has 0 fully saturated rings. The van der Waals surface area contributed by atoms with E-state index in [4.69, 9.17) is 0 Å². The topological polar surface area (TPSA) is 89.8 Å². The Bertz CT molecular complexity index is 978. The Labute approximate surface area is 167 Å². The number of hydrogen-bond donors (Lipinski definition) is 1. The van der Waals surface area contributed by atoms with Gasteiger partial charge in [-0.15, -0.1) is 5.10 Å². The summed E-state index contributed by atoms with van der Waals surface area (Å²) >= 11 is 1.43. The molecule has 1 aromatic heterocycles. The Kier molecular flexibility index (Phi) is 6.20. The summed E-state index contributed by atoms with van der Waals surface area (Å²) in [5.41, 5.74) is 4.42. The van der Waals surface area contributed by atoms with Gasteiger partial charge in [-0.25, -0.2) is 0 Å². The molecule has 3 aromatic rings. The van der Waals surface area contributed by atoms with E-state index >= 15 is 0 Å². The van der Waals surface area contributed by atoms with Crippen molar-refractivity contribution in [2.75, 3.05) is 11.1 Å². The first-order valence-corrected chi connectivity index (χ1v) is 9.83. The van der Waals surface area contributed by atoms with Gasteiger partial charge in [0.05, 0.1) is 5.69 Å². The number of para-hydroxylation sites is 1. The summed E-state index contributed by atoms with van der Waals surface area (Å²) in [4.78, 5) is 23.5. The molecule has 0 unspecified atom stereocenters. The summed E-state index contributed by atoms with van der Waals surface area (Å²) < 4.78 is 1.72. The highest BCUT2D eigenvalue weighted by atomic mass is 32.2. The molecule has 3 rings (SSSR count). The maximum atomic E-state index is 12.2. The van der Waals surface area contributed by atoms with E-state index in [2.05, 4.69) is 20.8 Å². The van der Waals surface area contributed by atoms with Crippen LogP contribution < -0.4 is 5.32 Å². The van der Waals surface area contributed by atoms with Crippen molar-refractivity contribution < 1.29 is 9.59 Å². The number of Topliss-reactive ketones (excluding diaryl/α,β-unsaturated/α-hetero) is 1. The van der Waals surface area contributed by atoms with Crippen molar-refractivity contribution in [3.8, 4) is 5.69 Å². The lowest BCUT2D eigenvalue weighted by Crippen LogP contribution is -2.12. The number of amides is 1. The Morgan fingerprint density at radius 2 is 1.75 bits per heavy atom. The molecule has 0 bridgehead atoms. The number of aryl methyl sites for hydroxylation is 2. The zero-order valence-electron chi connectivity index (χ0n) is 16.0. The standard InChI is InChI=1S/C20H21N5O2S/c1-13-5-4-6-14(2)19(13)25-20(22-23-24-25)28-12-11-18(27)21-17-9-7-16(8-10-17)15(3)26/h4-10H,11-12H2,1-3H3,(H,21,27). The molecule has 1 heterocycles. The molecule has 0 aliphatic heterocycles. The molecule has 8 heteroatoms. The van der Waals surface area contributed by atoms with E-state index in [1.807, 2.05) is 32.0 Å². The minimum absolute atomic E-state index is 0.00381. The lowest BCUT2D eigenvalue weighted by molar-refractivity contribution is -0.115. The van der Waals surface area contributed by atoms with Crippen LogP contribution in [-0.4, -0.2) is 37.7 Å². The van der Waals surface area contributed by atoms with E-state index in [0.29, 0.717) is 28.6 Å². The van der Waals surface area contributed by atoms with Gasteiger partial charge in [0.2, 0.25) is 11.1 Å². The monoisotopic (exact) mass is 395 g/mol. The van der Waals surface area contributed by atoms with Crippen molar-refractivity contribution in [2.24, 2.45) is 0 Å². The summed E-state index contributed by atoms with van der Waals surface area (Å²) in [7, 11) is 0. The number of anilines is 1. The molecule has 0 saturated heterocycles. The van der Waals surface area contributed by atoms with Crippen LogP contribution in [0.4, 0.5) is 5.69 Å². The molecule has 28 heavy (non-hydrogen) atoms. The smallest absolute Gasteiger partial charge is 0.225 e. The highest BCUT2D eigenvalue weighted by molar-refractivity contribution is 7.99. The average molecular weight is 395 g/mol. The minimum atomic E-state index is -0.103. The first kappa shape index (κ1) is 19.8. The first-order chi connectivity index (χ1) is 13.5. The Hall–Kier alpha value is -3.00. The van der Waals surface area contributed by atoms with Gasteiger partial charge in [-0.3, -0.25) is 9.59 Å². The molecule has 0 aliphatic carbocycles. The molecule has 144 valence electrons. The molecular weight excluding hydrogens is 374 g/mol. The zero-order valence-corrected chi connectivity index (χ0v) is 16.8. The number of tetrazole rings is 1. The number of nitrogens with one attached hydrogen (secondary N) is 1. The number of benzene rings is 2. The second-order valence-corrected chi connectivity index (χ2v) is 7.46. The molecule has 1 N–H and O–H groups in total. The quantitative estimate of drug-likeness (QED) is 0.486. The fraction of sp³-hybridized carbons (Fsp3) is 0.250. The number of carbonyl (C=O) groups is 2. The van der Waals surface area contributed by atoms with Crippen LogP contribution in [0, 0.1) is 13.8 Å². The van der Waals surface area contributed by atoms with Gasteiger partial charge in [0.25, 0.3) is 0 Å². The molecule has 0 aliphatic rings. The van der Waals surface area contributed by atoms with Crippen molar-refractivity contribution in [1.82, 2.24) is 20.2 Å². The zero-order chi connectivity index (χ0) is 20.1. The molecule has 0 atom stereocenters. The number of aromatic nitrogens is 4. The van der Waals surface area contributed by atoms with Crippen LogP contribution in [0.3, 0.4) is 0 Å². The third-order valence-electron chi connectivity index (χ3n) is 4.23. The van der Waals surface area contributed by atoms with Crippen LogP contribution in [0.2, 0.25) is 0 Å². The van der Waals surface area contributed by atoms with Crippen molar-refractivity contribution in [3.63, 3.8) is 0 Å². The summed E-state index contributed by atoms with van der Waals surface area (Å²) in [5, 5.41) is 15.4. The number of carbonyl (C=O) groups excluding carboxylic acids is 2. The van der Waals surface area contributed by atoms with Gasteiger partial charge >= 0.3 is 0 Å². The van der Waals surface area contributed by atoms with Gasteiger partial charge in [0, 0.05) is 23.4 Å². The normalized spacial score (nSPS) is 10.7. The number of rotatable bonds is 7. The van der Waals surface area contributed by atoms with E-state index in [1.165, 1.54) is 18.7 Å². The highest BCUT2D eigenvalue weighted by Crippen LogP contribution is 2.24. The SMILES string of the molecule is CC(=O)c1ccc(NC(=O)CCSc2nnnn2-c2c(C)cccc2C)cc1. The van der Waals surface area contributed by atoms with Gasteiger partial charge in [-0.1, -0.05) is 30.0 Å². The van der Waals surface area contributed by atoms with E-state index in [-0.39, 0.29) is 11.7 Å². The predicted molar refractivity (Wildman–Crippen MR) is 109 cm³/mol. The van der Waals surface area contributed by atoms with Crippen LogP contribution in [0.25, 0.3) is 5.69 Å². The molecule has 7 nitrogen and oxygen atoms in total. The lowest BCUT2D eigenvalue weighted by Gasteiger charge is -2.10. The van der Waals surface area contributed by atoms with E-state index < -0.39 is 0 Å². The average Bonchev–Trinajstić information content (AvgIpc) is 3.10. The van der Waals surface area contributed by atoms with Crippen LogP contribution in [0.1, 0.15) is 34.8 Å². The van der Waals surface area contributed by atoms with Crippen molar-refractivity contribution in [1.29, 1.82) is 0 Å². The summed E-state index contributed by atoms with van der Waals surface area (Å²) in [6.07, 6.45) is 0.318. The maximum absolute atomic E-state index is 12.2. The highest BCUT2D eigenvalue weighted by Gasteiger charge is 2.14. The van der Waals surface area contributed by atoms with E-state index in [0.717, 1.165) is 16.8 Å². The van der Waals surface area contributed by atoms with Crippen LogP contribution in [-0.2, 0) is 4.79 Å². The van der Waals surface area contributed by atoms with E-state index in [9.17, 15) is 9.59 Å². The molecule has 0 spiro atoms. The third kappa shape index (κ3) is 4.64. The second-order valence-electron chi connectivity index (χ2n) is 6.39. The molecular formula is C20H21N5O2S. The van der Waals surface area contributed by atoms with E-state index in [1.54, 1.807) is 28.9 Å². The molecule has 1 amide bonds. The fourth-order valence-electron chi connectivity index (χ4n) is 2.80. The van der Waals surface area contributed by atoms with Crippen molar-refractivity contribution >= 4 is 29.1 Å². The van der Waals surface area contributed by atoms with Crippen molar-refractivity contribution in [3.05, 3.63) is 59.2 Å². The summed E-state index contributed by atoms with van der Waals surface area (Å²) in [6, 6.07) is 12.9. The van der Waals surface area contributed by atoms with Crippen molar-refractivity contribution in [2.45, 2.75) is 32.3 Å². The summed E-state index contributed by atoms with van der Waals surface area (Å²) in [6.45, 7) is 5.55. The first-order valence-electron chi connectivity index (χ1n) is 8.84. The Balaban J connectivity index is 1.58. The van der Waals surface area contributed by atoms with Gasteiger partial charge in [0.1, 0.15) is 0 Å². The van der Waals surface area contributed by atoms with Crippen LogP contribution in [0.15, 0.2) is 47.6 Å². The summed E-state index contributed by atoms with van der Waals surface area (Å²) in [5.74, 6) is 0.438. The van der Waals surface area contributed by atoms with Gasteiger partial charge in [-0.05, 0) is 66.6 Å². The van der Waals surface area contributed by atoms with Gasteiger partial charge in [-0.2, -0.15) is 4.68 Å². The number of hydrogen-bond acceptors (Lipinski definition) is 6. The van der Waals surface area contributed by atoms with Crippen LogP contribution >= 0.6 is 11.8 Å².